The molecule has 1 aromatic carbocycles. The molecule has 1 heteroatoms. The van der Waals surface area contributed by atoms with Gasteiger partial charge < -0.3 is 4.48 Å². The van der Waals surface area contributed by atoms with Crippen LogP contribution in [0.25, 0.3) is 0 Å². The highest BCUT2D eigenvalue weighted by atomic mass is 15.3. The van der Waals surface area contributed by atoms with E-state index in [1.54, 1.807) is 0 Å². The Bertz CT molecular complexity index is 368. The molecule has 0 amide bonds. The minimum absolute atomic E-state index is 0.334. The number of hydrogen-bond acceptors (Lipinski definition) is 0. The number of hydrogen-bond donors (Lipinski definition) is 0. The average molecular weight is 248 g/mol. The van der Waals surface area contributed by atoms with Crippen LogP contribution in [0.1, 0.15) is 51.7 Å². The maximum Gasteiger partial charge on any atom is 0.104 e. The first kappa shape index (κ1) is 15.2. The Morgan fingerprint density at radius 3 is 1.94 bits per heavy atom. The first-order chi connectivity index (χ1) is 8.15. The average Bonchev–Trinajstić information content (AvgIpc) is 2.27. The Balaban J connectivity index is 2.81. The van der Waals surface area contributed by atoms with Gasteiger partial charge in [0.05, 0.1) is 20.6 Å². The Kier molecular flexibility index (Phi) is 4.61. The smallest absolute Gasteiger partial charge is 0.104 e. The van der Waals surface area contributed by atoms with Crippen molar-refractivity contribution >= 4 is 0 Å². The molecule has 102 valence electrons. The van der Waals surface area contributed by atoms with E-state index in [9.17, 15) is 0 Å². The molecule has 0 aliphatic carbocycles. The Morgan fingerprint density at radius 2 is 1.56 bits per heavy atom. The highest BCUT2D eigenvalue weighted by molar-refractivity contribution is 5.25. The molecule has 0 aliphatic heterocycles. The van der Waals surface area contributed by atoms with Gasteiger partial charge in [-0.3, -0.25) is 0 Å². The van der Waals surface area contributed by atoms with Gasteiger partial charge in [0.25, 0.3) is 0 Å². The van der Waals surface area contributed by atoms with Crippen LogP contribution in [0.3, 0.4) is 0 Å². The Morgan fingerprint density at radius 1 is 1.06 bits per heavy atom. The molecule has 0 aromatic heterocycles. The summed E-state index contributed by atoms with van der Waals surface area (Å²) in [6.45, 7) is 13.8. The predicted molar refractivity (Wildman–Crippen MR) is 80.7 cm³/mol. The molecule has 0 bridgehead atoms. The van der Waals surface area contributed by atoms with Gasteiger partial charge in [-0.15, -0.1) is 0 Å². The number of quaternary nitrogens is 1. The molecule has 0 radical (unpaired) electrons. The van der Waals surface area contributed by atoms with Crippen LogP contribution in [0.15, 0.2) is 24.3 Å². The van der Waals surface area contributed by atoms with Crippen LogP contribution in [0.4, 0.5) is 0 Å². The van der Waals surface area contributed by atoms with Crippen molar-refractivity contribution in [2.45, 2.75) is 47.1 Å². The summed E-state index contributed by atoms with van der Waals surface area (Å²) in [7, 11) is 4.57. The van der Waals surface area contributed by atoms with E-state index in [-0.39, 0.29) is 0 Å². The van der Waals surface area contributed by atoms with E-state index in [0.717, 1.165) is 11.0 Å². The highest BCUT2D eigenvalue weighted by Gasteiger charge is 2.21. The van der Waals surface area contributed by atoms with Crippen LogP contribution in [0, 0.1) is 5.41 Å². The second kappa shape index (κ2) is 5.44. The monoisotopic (exact) mass is 248 g/mol. The van der Waals surface area contributed by atoms with Gasteiger partial charge in [-0.25, -0.2) is 0 Å². The standard InChI is InChI=1S/C17H30N/c1-8-18(6,7)13-15-9-11-16(12-10-15)14(2)17(3,4)5/h9-12,14H,8,13H2,1-7H3/q+1. The molecule has 1 nitrogen and oxygen atoms in total. The van der Waals surface area contributed by atoms with Crippen molar-refractivity contribution in [2.75, 3.05) is 20.6 Å². The highest BCUT2D eigenvalue weighted by Crippen LogP contribution is 2.34. The molecule has 1 rings (SSSR count). The number of nitrogens with zero attached hydrogens (tertiary/aromatic N) is 1. The zero-order chi connectivity index (χ0) is 14.0. The Hall–Kier alpha value is -0.820. The van der Waals surface area contributed by atoms with E-state index >= 15 is 0 Å². The van der Waals surface area contributed by atoms with Gasteiger partial charge in [-0.2, -0.15) is 0 Å². The normalized spacial score (nSPS) is 14.6. The minimum atomic E-state index is 0.334. The maximum atomic E-state index is 2.32. The van der Waals surface area contributed by atoms with E-state index in [1.807, 2.05) is 0 Å². The van der Waals surface area contributed by atoms with Gasteiger partial charge in [0, 0.05) is 5.56 Å². The third kappa shape index (κ3) is 4.13. The van der Waals surface area contributed by atoms with E-state index < -0.39 is 0 Å². The van der Waals surface area contributed by atoms with Crippen LogP contribution in [-0.2, 0) is 6.54 Å². The summed E-state index contributed by atoms with van der Waals surface area (Å²) < 4.78 is 1.05. The topological polar surface area (TPSA) is 0 Å². The van der Waals surface area contributed by atoms with E-state index in [2.05, 4.69) is 73.0 Å². The molecule has 1 unspecified atom stereocenters. The maximum absolute atomic E-state index is 2.32. The number of rotatable bonds is 4. The summed E-state index contributed by atoms with van der Waals surface area (Å²) in [5.41, 5.74) is 3.22. The summed E-state index contributed by atoms with van der Waals surface area (Å²) in [6.07, 6.45) is 0. The fourth-order valence-corrected chi connectivity index (χ4v) is 2.02. The van der Waals surface area contributed by atoms with E-state index in [0.29, 0.717) is 11.3 Å². The largest absolute Gasteiger partial charge is 0.325 e. The lowest BCUT2D eigenvalue weighted by Crippen LogP contribution is -2.38. The second-order valence-corrected chi connectivity index (χ2v) is 7.24. The van der Waals surface area contributed by atoms with E-state index in [4.69, 9.17) is 0 Å². The molecule has 0 N–H and O–H groups in total. The van der Waals surface area contributed by atoms with Crippen molar-refractivity contribution in [1.29, 1.82) is 0 Å². The predicted octanol–water partition coefficient (Wildman–Crippen LogP) is 4.43. The molecule has 0 saturated heterocycles. The van der Waals surface area contributed by atoms with Crippen molar-refractivity contribution in [3.63, 3.8) is 0 Å². The fourth-order valence-electron chi connectivity index (χ4n) is 2.02. The summed E-state index contributed by atoms with van der Waals surface area (Å²) in [5.74, 6) is 0.597. The lowest BCUT2D eigenvalue weighted by molar-refractivity contribution is -0.901. The molecule has 18 heavy (non-hydrogen) atoms. The van der Waals surface area contributed by atoms with Gasteiger partial charge in [0.2, 0.25) is 0 Å². The molecule has 0 spiro atoms. The van der Waals surface area contributed by atoms with Crippen molar-refractivity contribution in [1.82, 2.24) is 0 Å². The van der Waals surface area contributed by atoms with Gasteiger partial charge in [-0.1, -0.05) is 52.0 Å². The zero-order valence-corrected chi connectivity index (χ0v) is 13.2. The molecular weight excluding hydrogens is 218 g/mol. The molecule has 0 saturated carbocycles. The zero-order valence-electron chi connectivity index (χ0n) is 13.2. The fraction of sp³-hybridized carbons (Fsp3) is 0.647. The summed E-state index contributed by atoms with van der Waals surface area (Å²) >= 11 is 0. The van der Waals surface area contributed by atoms with Gasteiger partial charge in [-0.05, 0) is 23.8 Å². The third-order valence-electron chi connectivity index (χ3n) is 4.25. The lowest BCUT2D eigenvalue weighted by atomic mass is 9.78. The molecule has 0 aliphatic rings. The van der Waals surface area contributed by atoms with Crippen molar-refractivity contribution < 1.29 is 4.48 Å². The van der Waals surface area contributed by atoms with Crippen LogP contribution in [0.2, 0.25) is 0 Å². The molecule has 1 aromatic rings. The second-order valence-electron chi connectivity index (χ2n) is 7.24. The van der Waals surface area contributed by atoms with Crippen molar-refractivity contribution in [3.05, 3.63) is 35.4 Å². The van der Waals surface area contributed by atoms with Gasteiger partial charge in [0.15, 0.2) is 0 Å². The minimum Gasteiger partial charge on any atom is -0.325 e. The van der Waals surface area contributed by atoms with Crippen molar-refractivity contribution in [3.8, 4) is 0 Å². The first-order valence-electron chi connectivity index (χ1n) is 7.06. The Labute approximate surface area is 113 Å². The van der Waals surface area contributed by atoms with Crippen LogP contribution < -0.4 is 0 Å². The molecule has 1 atom stereocenters. The number of benzene rings is 1. The summed E-state index contributed by atoms with van der Waals surface area (Å²) in [6, 6.07) is 9.21. The van der Waals surface area contributed by atoms with Crippen LogP contribution in [-0.4, -0.2) is 25.1 Å². The lowest BCUT2D eigenvalue weighted by Gasteiger charge is -2.29. The third-order valence-corrected chi connectivity index (χ3v) is 4.25. The molecule has 0 fully saturated rings. The SMILES string of the molecule is CC[N+](C)(C)Cc1ccc(C(C)C(C)(C)C)cc1. The summed E-state index contributed by atoms with van der Waals surface area (Å²) in [5, 5.41) is 0. The molecule has 0 heterocycles. The van der Waals surface area contributed by atoms with Crippen LogP contribution in [0.5, 0.6) is 0 Å². The first-order valence-corrected chi connectivity index (χ1v) is 7.06. The van der Waals surface area contributed by atoms with Crippen molar-refractivity contribution in [2.24, 2.45) is 5.41 Å². The van der Waals surface area contributed by atoms with Gasteiger partial charge >= 0.3 is 0 Å². The summed E-state index contributed by atoms with van der Waals surface area (Å²) in [4.78, 5) is 0. The van der Waals surface area contributed by atoms with Crippen LogP contribution >= 0.6 is 0 Å². The quantitative estimate of drug-likeness (QED) is 0.691. The van der Waals surface area contributed by atoms with E-state index in [1.165, 1.54) is 17.7 Å². The van der Waals surface area contributed by atoms with Gasteiger partial charge in [0.1, 0.15) is 6.54 Å². The molecular formula is C17H30N+.